The Kier molecular flexibility index (Phi) is 4.72. The Labute approximate surface area is 163 Å². The van der Waals surface area contributed by atoms with Crippen molar-refractivity contribution in [1.29, 1.82) is 0 Å². The SMILES string of the molecule is O=C1CC2(CCN(C(=O)NC3CCN(c4ccccc4Cl)C3=O)CC2)CN1. The number of nitrogens with one attached hydrogen (secondary N) is 2. The summed E-state index contributed by atoms with van der Waals surface area (Å²) in [6.45, 7) is 2.45. The maximum absolute atomic E-state index is 12.7. The van der Waals surface area contributed by atoms with E-state index in [-0.39, 0.29) is 23.3 Å². The number of hydrogen-bond acceptors (Lipinski definition) is 3. The van der Waals surface area contributed by atoms with Gasteiger partial charge in [0, 0.05) is 32.6 Å². The van der Waals surface area contributed by atoms with Crippen molar-refractivity contribution in [2.45, 2.75) is 31.7 Å². The molecule has 1 atom stereocenters. The number of para-hydroxylation sites is 1. The summed E-state index contributed by atoms with van der Waals surface area (Å²) in [6.07, 6.45) is 2.73. The molecule has 3 aliphatic rings. The van der Waals surface area contributed by atoms with E-state index in [1.165, 1.54) is 0 Å². The number of carbonyl (C=O) groups excluding carboxylic acids is 3. The van der Waals surface area contributed by atoms with Gasteiger partial charge in [-0.25, -0.2) is 4.79 Å². The van der Waals surface area contributed by atoms with Crippen molar-refractivity contribution in [2.75, 3.05) is 31.1 Å². The Morgan fingerprint density at radius 1 is 1.19 bits per heavy atom. The molecule has 3 fully saturated rings. The van der Waals surface area contributed by atoms with Crippen LogP contribution in [0.3, 0.4) is 0 Å². The van der Waals surface area contributed by atoms with E-state index >= 15 is 0 Å². The van der Waals surface area contributed by atoms with E-state index in [0.29, 0.717) is 49.7 Å². The number of urea groups is 1. The first-order valence-corrected chi connectivity index (χ1v) is 9.73. The molecule has 0 bridgehead atoms. The molecular formula is C19H23ClN4O3. The van der Waals surface area contributed by atoms with Crippen LogP contribution in [0, 0.1) is 5.41 Å². The van der Waals surface area contributed by atoms with E-state index in [9.17, 15) is 14.4 Å². The fraction of sp³-hybridized carbons (Fsp3) is 0.526. The minimum atomic E-state index is -0.528. The Hall–Kier alpha value is -2.28. The molecule has 1 spiro atoms. The summed E-state index contributed by atoms with van der Waals surface area (Å²) >= 11 is 6.20. The molecule has 27 heavy (non-hydrogen) atoms. The van der Waals surface area contributed by atoms with Gasteiger partial charge in [-0.1, -0.05) is 23.7 Å². The van der Waals surface area contributed by atoms with Crippen molar-refractivity contribution in [2.24, 2.45) is 5.41 Å². The quantitative estimate of drug-likeness (QED) is 0.807. The normalized spacial score (nSPS) is 24.4. The van der Waals surface area contributed by atoms with E-state index in [2.05, 4.69) is 10.6 Å². The predicted molar refractivity (Wildman–Crippen MR) is 102 cm³/mol. The molecule has 7 nitrogen and oxygen atoms in total. The zero-order valence-corrected chi connectivity index (χ0v) is 15.8. The van der Waals surface area contributed by atoms with Crippen molar-refractivity contribution in [3.63, 3.8) is 0 Å². The number of amides is 4. The van der Waals surface area contributed by atoms with Crippen molar-refractivity contribution < 1.29 is 14.4 Å². The summed E-state index contributed by atoms with van der Waals surface area (Å²) in [7, 11) is 0. The molecule has 2 N–H and O–H groups in total. The highest BCUT2D eigenvalue weighted by molar-refractivity contribution is 6.34. The van der Waals surface area contributed by atoms with Crippen molar-refractivity contribution in [1.82, 2.24) is 15.5 Å². The van der Waals surface area contributed by atoms with Gasteiger partial charge in [0.05, 0.1) is 10.7 Å². The van der Waals surface area contributed by atoms with Crippen LogP contribution in [0.25, 0.3) is 0 Å². The number of rotatable bonds is 2. The average Bonchev–Trinajstić information content (AvgIpc) is 3.19. The molecule has 4 amide bonds. The smallest absolute Gasteiger partial charge is 0.318 e. The second kappa shape index (κ2) is 7.03. The first-order chi connectivity index (χ1) is 13.0. The monoisotopic (exact) mass is 390 g/mol. The molecule has 0 aromatic heterocycles. The van der Waals surface area contributed by atoms with Gasteiger partial charge in [-0.15, -0.1) is 0 Å². The van der Waals surface area contributed by atoms with E-state index in [4.69, 9.17) is 11.6 Å². The minimum Gasteiger partial charge on any atom is -0.356 e. The molecule has 3 aliphatic heterocycles. The molecular weight excluding hydrogens is 368 g/mol. The molecule has 1 unspecified atom stereocenters. The lowest BCUT2D eigenvalue weighted by molar-refractivity contribution is -0.120. The molecule has 4 rings (SSSR count). The molecule has 3 saturated heterocycles. The molecule has 3 heterocycles. The van der Waals surface area contributed by atoms with Gasteiger partial charge in [-0.3, -0.25) is 9.59 Å². The standard InChI is InChI=1S/C19H23ClN4O3/c20-13-3-1-2-4-15(13)24-8-5-14(17(24)26)22-18(27)23-9-6-19(7-10-23)11-16(25)21-12-19/h1-4,14H,5-12H2,(H,21,25)(H,22,27). The first kappa shape index (κ1) is 18.1. The maximum atomic E-state index is 12.7. The number of nitrogens with zero attached hydrogens (tertiary/aromatic N) is 2. The number of benzene rings is 1. The number of hydrogen-bond donors (Lipinski definition) is 2. The largest absolute Gasteiger partial charge is 0.356 e. The number of likely N-dealkylation sites (tertiary alicyclic amines) is 1. The van der Waals surface area contributed by atoms with Crippen LogP contribution in [0.2, 0.25) is 5.02 Å². The van der Waals surface area contributed by atoms with E-state index in [1.807, 2.05) is 18.2 Å². The molecule has 1 aromatic rings. The van der Waals surface area contributed by atoms with Gasteiger partial charge in [-0.2, -0.15) is 0 Å². The van der Waals surface area contributed by atoms with Gasteiger partial charge in [0.25, 0.3) is 0 Å². The van der Waals surface area contributed by atoms with Crippen LogP contribution in [-0.4, -0.2) is 55.0 Å². The highest BCUT2D eigenvalue weighted by Crippen LogP contribution is 2.37. The molecule has 0 aliphatic carbocycles. The third-order valence-electron chi connectivity index (χ3n) is 5.95. The third kappa shape index (κ3) is 3.48. The van der Waals surface area contributed by atoms with Gasteiger partial charge < -0.3 is 20.4 Å². The van der Waals surface area contributed by atoms with Gasteiger partial charge >= 0.3 is 6.03 Å². The van der Waals surface area contributed by atoms with Crippen LogP contribution in [-0.2, 0) is 9.59 Å². The zero-order valence-electron chi connectivity index (χ0n) is 15.0. The maximum Gasteiger partial charge on any atom is 0.318 e. The van der Waals surface area contributed by atoms with Crippen LogP contribution >= 0.6 is 11.6 Å². The van der Waals surface area contributed by atoms with Crippen LogP contribution in [0.1, 0.15) is 25.7 Å². The predicted octanol–water partition coefficient (Wildman–Crippen LogP) is 1.76. The fourth-order valence-corrected chi connectivity index (χ4v) is 4.49. The second-order valence-corrected chi connectivity index (χ2v) is 8.08. The highest BCUT2D eigenvalue weighted by Gasteiger charge is 2.42. The zero-order chi connectivity index (χ0) is 19.0. The molecule has 0 saturated carbocycles. The van der Waals surface area contributed by atoms with E-state index in [1.54, 1.807) is 15.9 Å². The highest BCUT2D eigenvalue weighted by atomic mass is 35.5. The van der Waals surface area contributed by atoms with E-state index in [0.717, 1.165) is 12.8 Å². The number of halogens is 1. The Morgan fingerprint density at radius 3 is 2.59 bits per heavy atom. The van der Waals surface area contributed by atoms with Crippen LogP contribution in [0.4, 0.5) is 10.5 Å². The van der Waals surface area contributed by atoms with Gasteiger partial charge in [0.15, 0.2) is 0 Å². The Morgan fingerprint density at radius 2 is 1.93 bits per heavy atom. The van der Waals surface area contributed by atoms with Crippen molar-refractivity contribution in [3.05, 3.63) is 29.3 Å². The number of carbonyl (C=O) groups is 3. The summed E-state index contributed by atoms with van der Waals surface area (Å²) in [5, 5.41) is 6.30. The summed E-state index contributed by atoms with van der Waals surface area (Å²) in [6, 6.07) is 6.49. The van der Waals surface area contributed by atoms with Gasteiger partial charge in [0.2, 0.25) is 11.8 Å². The summed E-state index contributed by atoms with van der Waals surface area (Å²) in [5.74, 6) is -0.0281. The lowest BCUT2D eigenvalue weighted by Gasteiger charge is -2.38. The Balaban J connectivity index is 1.33. The first-order valence-electron chi connectivity index (χ1n) is 9.36. The second-order valence-electron chi connectivity index (χ2n) is 7.67. The topological polar surface area (TPSA) is 81.8 Å². The van der Waals surface area contributed by atoms with Crippen LogP contribution in [0.5, 0.6) is 0 Å². The molecule has 1 aromatic carbocycles. The average molecular weight is 391 g/mol. The summed E-state index contributed by atoms with van der Waals surface area (Å²) in [5.41, 5.74) is 0.678. The fourth-order valence-electron chi connectivity index (χ4n) is 4.25. The van der Waals surface area contributed by atoms with Gasteiger partial charge in [-0.05, 0) is 36.8 Å². The van der Waals surface area contributed by atoms with Crippen LogP contribution in [0.15, 0.2) is 24.3 Å². The third-order valence-corrected chi connectivity index (χ3v) is 6.27. The van der Waals surface area contributed by atoms with Gasteiger partial charge in [0.1, 0.15) is 6.04 Å². The number of anilines is 1. The summed E-state index contributed by atoms with van der Waals surface area (Å²) < 4.78 is 0. The van der Waals surface area contributed by atoms with E-state index < -0.39 is 6.04 Å². The van der Waals surface area contributed by atoms with Crippen LogP contribution < -0.4 is 15.5 Å². The molecule has 8 heteroatoms. The molecule has 0 radical (unpaired) electrons. The number of piperidine rings is 1. The van der Waals surface area contributed by atoms with Crippen molar-refractivity contribution >= 4 is 35.1 Å². The Bertz CT molecular complexity index is 776. The summed E-state index contributed by atoms with van der Waals surface area (Å²) in [4.78, 5) is 40.2. The lowest BCUT2D eigenvalue weighted by Crippen LogP contribution is -2.51. The lowest BCUT2D eigenvalue weighted by atomic mass is 9.78. The van der Waals surface area contributed by atoms with Crippen molar-refractivity contribution in [3.8, 4) is 0 Å². The minimum absolute atomic E-state index is 0.00208. The molecule has 144 valence electrons.